The van der Waals surface area contributed by atoms with E-state index in [1.54, 1.807) is 0 Å². The van der Waals surface area contributed by atoms with Crippen molar-refractivity contribution in [2.24, 2.45) is 0 Å². The average molecular weight is 413 g/mol. The van der Waals surface area contributed by atoms with Gasteiger partial charge < -0.3 is 4.57 Å². The number of allylic oxidation sites excluding steroid dienone is 4. The van der Waals surface area contributed by atoms with Gasteiger partial charge >= 0.3 is 0 Å². The lowest BCUT2D eigenvalue weighted by Gasteiger charge is -2.33. The van der Waals surface area contributed by atoms with Crippen LogP contribution in [-0.4, -0.2) is 9.55 Å². The van der Waals surface area contributed by atoms with Crippen molar-refractivity contribution in [3.8, 4) is 0 Å². The highest BCUT2D eigenvalue weighted by Crippen LogP contribution is 2.38. The molecule has 0 bridgehead atoms. The van der Waals surface area contributed by atoms with Gasteiger partial charge in [0.1, 0.15) is 5.82 Å². The number of hydrogen-bond acceptors (Lipinski definition) is 1. The fourth-order valence-electron chi connectivity index (χ4n) is 4.94. The minimum absolute atomic E-state index is 0.0943. The molecule has 1 heterocycles. The molecular weight excluding hydrogens is 364 g/mol. The van der Waals surface area contributed by atoms with Crippen molar-refractivity contribution in [1.82, 2.24) is 9.55 Å². The SMILES string of the molecule is CCCCCCCCCC1(c2nccn2C(C)CCCCCCCC)C=CC=CC1. The Kier molecular flexibility index (Phi) is 12.2. The Labute approximate surface area is 187 Å². The van der Waals surface area contributed by atoms with E-state index >= 15 is 0 Å². The van der Waals surface area contributed by atoms with Crippen LogP contribution in [0.2, 0.25) is 0 Å². The van der Waals surface area contributed by atoms with Crippen LogP contribution in [0.5, 0.6) is 0 Å². The number of aromatic nitrogens is 2. The molecule has 1 aromatic rings. The largest absolute Gasteiger partial charge is 0.331 e. The highest BCUT2D eigenvalue weighted by atomic mass is 15.1. The van der Waals surface area contributed by atoms with Gasteiger partial charge in [0.15, 0.2) is 0 Å². The Morgan fingerprint density at radius 3 is 2.13 bits per heavy atom. The summed E-state index contributed by atoms with van der Waals surface area (Å²) in [5.41, 5.74) is 0.0943. The molecule has 0 radical (unpaired) electrons. The second-order valence-corrected chi connectivity index (χ2v) is 9.58. The van der Waals surface area contributed by atoms with Crippen molar-refractivity contribution in [3.05, 3.63) is 42.5 Å². The van der Waals surface area contributed by atoms with Crippen molar-refractivity contribution in [2.45, 2.75) is 135 Å². The Morgan fingerprint density at radius 1 is 0.867 bits per heavy atom. The van der Waals surface area contributed by atoms with Crippen LogP contribution in [0.15, 0.2) is 36.7 Å². The first-order valence-corrected chi connectivity index (χ1v) is 13.1. The first-order valence-electron chi connectivity index (χ1n) is 13.1. The summed E-state index contributed by atoms with van der Waals surface area (Å²) >= 11 is 0. The Hall–Kier alpha value is -1.31. The zero-order valence-electron chi connectivity index (χ0n) is 20.2. The summed E-state index contributed by atoms with van der Waals surface area (Å²) in [4.78, 5) is 4.92. The molecule has 0 aromatic carbocycles. The molecular formula is C28H48N2. The van der Waals surface area contributed by atoms with Gasteiger partial charge in [-0.25, -0.2) is 4.98 Å². The van der Waals surface area contributed by atoms with Crippen LogP contribution in [0.3, 0.4) is 0 Å². The molecule has 1 aliphatic rings. The van der Waals surface area contributed by atoms with E-state index in [2.05, 4.69) is 55.8 Å². The number of imidazole rings is 1. The monoisotopic (exact) mass is 412 g/mol. The molecule has 2 rings (SSSR count). The van der Waals surface area contributed by atoms with Crippen LogP contribution >= 0.6 is 0 Å². The van der Waals surface area contributed by atoms with E-state index in [1.807, 2.05) is 6.20 Å². The van der Waals surface area contributed by atoms with Crippen LogP contribution in [0, 0.1) is 0 Å². The molecule has 2 nitrogen and oxygen atoms in total. The molecule has 2 atom stereocenters. The summed E-state index contributed by atoms with van der Waals surface area (Å²) in [6.07, 6.45) is 34.9. The van der Waals surface area contributed by atoms with Gasteiger partial charge in [0.05, 0.1) is 5.41 Å². The van der Waals surface area contributed by atoms with Gasteiger partial charge in [0.25, 0.3) is 0 Å². The molecule has 30 heavy (non-hydrogen) atoms. The highest BCUT2D eigenvalue weighted by molar-refractivity contribution is 5.29. The van der Waals surface area contributed by atoms with Crippen molar-refractivity contribution in [2.75, 3.05) is 0 Å². The molecule has 1 aliphatic carbocycles. The summed E-state index contributed by atoms with van der Waals surface area (Å²) in [5, 5.41) is 0. The predicted molar refractivity (Wildman–Crippen MR) is 132 cm³/mol. The summed E-state index contributed by atoms with van der Waals surface area (Å²) in [7, 11) is 0. The van der Waals surface area contributed by atoms with E-state index < -0.39 is 0 Å². The highest BCUT2D eigenvalue weighted by Gasteiger charge is 2.34. The molecule has 0 fully saturated rings. The van der Waals surface area contributed by atoms with Crippen LogP contribution in [-0.2, 0) is 5.41 Å². The summed E-state index contributed by atoms with van der Waals surface area (Å²) in [6.45, 7) is 6.98. The van der Waals surface area contributed by atoms with Gasteiger partial charge in [-0.2, -0.15) is 0 Å². The number of rotatable bonds is 17. The van der Waals surface area contributed by atoms with Crippen LogP contribution in [0.1, 0.15) is 135 Å². The Bertz CT molecular complexity index is 612. The van der Waals surface area contributed by atoms with E-state index in [-0.39, 0.29) is 5.41 Å². The summed E-state index contributed by atoms with van der Waals surface area (Å²) in [6, 6.07) is 0.541. The van der Waals surface area contributed by atoms with Gasteiger partial charge in [-0.05, 0) is 26.2 Å². The lowest BCUT2D eigenvalue weighted by Crippen LogP contribution is -2.29. The molecule has 170 valence electrons. The molecule has 0 spiro atoms. The lowest BCUT2D eigenvalue weighted by molar-refractivity contribution is 0.380. The standard InChI is InChI=1S/C28H48N2/c1-4-6-8-10-12-14-17-21-28(22-18-15-19-23-28)27-29-24-25-30(27)26(3)20-16-13-11-9-7-5-2/h15,18-19,22,24-26H,4-14,16-17,20-21,23H2,1-3H3. The van der Waals surface area contributed by atoms with Gasteiger partial charge in [-0.15, -0.1) is 0 Å². The third-order valence-corrected chi connectivity index (χ3v) is 6.94. The second-order valence-electron chi connectivity index (χ2n) is 9.58. The normalized spacial score (nSPS) is 19.4. The number of unbranched alkanes of at least 4 members (excludes halogenated alkanes) is 11. The van der Waals surface area contributed by atoms with Gasteiger partial charge in [0.2, 0.25) is 0 Å². The molecule has 1 aromatic heterocycles. The van der Waals surface area contributed by atoms with Crippen LogP contribution < -0.4 is 0 Å². The maximum atomic E-state index is 4.92. The second kappa shape index (κ2) is 14.7. The minimum atomic E-state index is 0.0943. The number of hydrogen-bond donors (Lipinski definition) is 0. The fourth-order valence-corrected chi connectivity index (χ4v) is 4.94. The molecule has 0 N–H and O–H groups in total. The van der Waals surface area contributed by atoms with E-state index in [0.29, 0.717) is 6.04 Å². The zero-order valence-corrected chi connectivity index (χ0v) is 20.2. The maximum absolute atomic E-state index is 4.92. The first-order chi connectivity index (χ1) is 14.7. The molecule has 0 saturated carbocycles. The van der Waals surface area contributed by atoms with Gasteiger partial charge in [-0.1, -0.05) is 122 Å². The van der Waals surface area contributed by atoms with Gasteiger partial charge in [0, 0.05) is 18.4 Å². The van der Waals surface area contributed by atoms with Crippen molar-refractivity contribution >= 4 is 0 Å². The maximum Gasteiger partial charge on any atom is 0.119 e. The summed E-state index contributed by atoms with van der Waals surface area (Å²) < 4.78 is 2.50. The van der Waals surface area contributed by atoms with Crippen molar-refractivity contribution < 1.29 is 0 Å². The zero-order chi connectivity index (χ0) is 21.5. The average Bonchev–Trinajstić information content (AvgIpc) is 3.27. The van der Waals surface area contributed by atoms with Gasteiger partial charge in [-0.3, -0.25) is 0 Å². The van der Waals surface area contributed by atoms with Crippen LogP contribution in [0.25, 0.3) is 0 Å². The minimum Gasteiger partial charge on any atom is -0.331 e. The molecule has 0 amide bonds. The molecule has 0 aliphatic heterocycles. The van der Waals surface area contributed by atoms with Crippen LogP contribution in [0.4, 0.5) is 0 Å². The molecule has 2 unspecified atom stereocenters. The van der Waals surface area contributed by atoms with E-state index in [4.69, 9.17) is 4.98 Å². The third-order valence-electron chi connectivity index (χ3n) is 6.94. The predicted octanol–water partition coefficient (Wildman–Crippen LogP) is 9.09. The summed E-state index contributed by atoms with van der Waals surface area (Å²) in [5.74, 6) is 1.30. The smallest absolute Gasteiger partial charge is 0.119 e. The molecule has 2 heteroatoms. The number of nitrogens with zero attached hydrogens (tertiary/aromatic N) is 2. The van der Waals surface area contributed by atoms with Crippen molar-refractivity contribution in [3.63, 3.8) is 0 Å². The van der Waals surface area contributed by atoms with E-state index in [0.717, 1.165) is 6.42 Å². The Morgan fingerprint density at radius 2 is 1.50 bits per heavy atom. The topological polar surface area (TPSA) is 17.8 Å². The van der Waals surface area contributed by atoms with Crippen molar-refractivity contribution in [1.29, 1.82) is 0 Å². The fraction of sp³-hybridized carbons (Fsp3) is 0.750. The van der Waals surface area contributed by atoms with E-state index in [1.165, 1.54) is 102 Å². The third kappa shape index (κ3) is 8.08. The first kappa shape index (κ1) is 25.0. The lowest BCUT2D eigenvalue weighted by atomic mass is 9.76. The molecule has 0 saturated heterocycles. The Balaban J connectivity index is 1.90. The van der Waals surface area contributed by atoms with E-state index in [9.17, 15) is 0 Å². The quantitative estimate of drug-likeness (QED) is 0.233.